The fourth-order valence-electron chi connectivity index (χ4n) is 2.84. The third kappa shape index (κ3) is 3.00. The number of carbonyl (C=O) groups is 2. The predicted octanol–water partition coefficient (Wildman–Crippen LogP) is 5.38. The van der Waals surface area contributed by atoms with Crippen molar-refractivity contribution < 1.29 is 19.1 Å². The number of aromatic nitrogens is 1. The molecule has 0 fully saturated rings. The Bertz CT molecular complexity index is 1090. The van der Waals surface area contributed by atoms with Crippen LogP contribution in [0.4, 0.5) is 0 Å². The molecule has 0 saturated carbocycles. The number of hydrogen-bond acceptors (Lipinski definition) is 4. The molecule has 5 nitrogen and oxygen atoms in total. The van der Waals surface area contributed by atoms with Crippen molar-refractivity contribution in [1.82, 2.24) is 4.98 Å². The van der Waals surface area contributed by atoms with Gasteiger partial charge in [0.15, 0.2) is 11.4 Å². The molecule has 4 aromatic rings. The van der Waals surface area contributed by atoms with E-state index in [0.29, 0.717) is 21.7 Å². The fourth-order valence-corrected chi connectivity index (χ4v) is 4.17. The number of furan rings is 1. The molecule has 0 amide bonds. The molecule has 3 aromatic heterocycles. The Hall–Kier alpha value is -2.64. The Morgan fingerprint density at radius 2 is 1.96 bits per heavy atom. The molecule has 0 unspecified atom stereocenters. The van der Waals surface area contributed by atoms with Crippen LogP contribution in [0, 0.1) is 0 Å². The Balaban J connectivity index is 1.68. The van der Waals surface area contributed by atoms with E-state index in [2.05, 4.69) is 20.9 Å². The van der Waals surface area contributed by atoms with E-state index in [-0.39, 0.29) is 17.8 Å². The number of thiophene rings is 1. The van der Waals surface area contributed by atoms with Gasteiger partial charge in [0.05, 0.1) is 23.0 Å². The number of halogens is 1. The van der Waals surface area contributed by atoms with Gasteiger partial charge in [0, 0.05) is 27.9 Å². The summed E-state index contributed by atoms with van der Waals surface area (Å²) in [6.07, 6.45) is 1.55. The van der Waals surface area contributed by atoms with Crippen molar-refractivity contribution in [3.63, 3.8) is 0 Å². The third-order valence-electron chi connectivity index (χ3n) is 4.08. The fraction of sp³-hybridized carbons (Fsp3) is 0.0526. The number of nitrogens with one attached hydrogen (secondary N) is 1. The first-order valence-corrected chi connectivity index (χ1v) is 9.39. The Morgan fingerprint density at radius 3 is 2.65 bits per heavy atom. The largest absolute Gasteiger partial charge is 0.478 e. The van der Waals surface area contributed by atoms with E-state index in [1.807, 2.05) is 24.3 Å². The summed E-state index contributed by atoms with van der Waals surface area (Å²) in [4.78, 5) is 28.0. The molecule has 0 atom stereocenters. The van der Waals surface area contributed by atoms with E-state index in [0.717, 1.165) is 15.6 Å². The Morgan fingerprint density at radius 1 is 1.19 bits per heavy atom. The molecule has 0 aliphatic carbocycles. The second-order valence-electron chi connectivity index (χ2n) is 5.76. The summed E-state index contributed by atoms with van der Waals surface area (Å²) in [5.74, 6) is -1.22. The Labute approximate surface area is 160 Å². The molecular formula is C19H12BrNO4S. The quantitative estimate of drug-likeness (QED) is 0.417. The molecular weight excluding hydrogens is 418 g/mol. The number of rotatable bonds is 5. The van der Waals surface area contributed by atoms with Gasteiger partial charge in [-0.2, -0.15) is 0 Å². The second-order valence-corrected chi connectivity index (χ2v) is 7.55. The van der Waals surface area contributed by atoms with Gasteiger partial charge in [-0.25, -0.2) is 4.79 Å². The first-order valence-electron chi connectivity index (χ1n) is 7.72. The zero-order chi connectivity index (χ0) is 18.3. The number of carbonyl (C=O) groups excluding carboxylic acids is 1. The van der Waals surface area contributed by atoms with Gasteiger partial charge in [-0.3, -0.25) is 4.79 Å². The minimum Gasteiger partial charge on any atom is -0.478 e. The van der Waals surface area contributed by atoms with Crippen molar-refractivity contribution >= 4 is 50.1 Å². The number of ketones is 1. The Kier molecular flexibility index (Phi) is 4.26. The highest BCUT2D eigenvalue weighted by Crippen LogP contribution is 2.34. The number of hydrogen-bond donors (Lipinski definition) is 2. The van der Waals surface area contributed by atoms with Crippen molar-refractivity contribution in [2.45, 2.75) is 6.42 Å². The average Bonchev–Trinajstić information content (AvgIpc) is 3.29. The summed E-state index contributed by atoms with van der Waals surface area (Å²) in [6.45, 7) is 0. The van der Waals surface area contributed by atoms with Crippen LogP contribution in [-0.2, 0) is 6.42 Å². The molecule has 0 aliphatic rings. The van der Waals surface area contributed by atoms with Crippen LogP contribution < -0.4 is 0 Å². The summed E-state index contributed by atoms with van der Waals surface area (Å²) in [5, 5.41) is 11.4. The lowest BCUT2D eigenvalue weighted by atomic mass is 10.0. The first kappa shape index (κ1) is 16.8. The number of fused-ring (bicyclic) bond motifs is 1. The lowest BCUT2D eigenvalue weighted by Crippen LogP contribution is -2.08. The maximum atomic E-state index is 12.6. The van der Waals surface area contributed by atoms with Gasteiger partial charge in [0.25, 0.3) is 0 Å². The molecule has 130 valence electrons. The van der Waals surface area contributed by atoms with Gasteiger partial charge < -0.3 is 14.5 Å². The average molecular weight is 430 g/mol. The van der Waals surface area contributed by atoms with Crippen LogP contribution in [0.3, 0.4) is 0 Å². The SMILES string of the molecule is O=C(Cc1csc(-c2ccc(Br)cc2)c1C(=O)O)c1cc2occc2[nH]1. The number of carboxylic acid groups (broad SMARTS) is 1. The van der Waals surface area contributed by atoms with Crippen LogP contribution in [-0.4, -0.2) is 21.8 Å². The second kappa shape index (κ2) is 6.59. The van der Waals surface area contributed by atoms with Crippen molar-refractivity contribution in [2.24, 2.45) is 0 Å². The van der Waals surface area contributed by atoms with Crippen LogP contribution in [0.2, 0.25) is 0 Å². The van der Waals surface area contributed by atoms with E-state index < -0.39 is 5.97 Å². The van der Waals surface area contributed by atoms with Crippen molar-refractivity contribution in [3.05, 3.63) is 69.3 Å². The number of aromatic amines is 1. The maximum Gasteiger partial charge on any atom is 0.337 e. The highest BCUT2D eigenvalue weighted by atomic mass is 79.9. The van der Waals surface area contributed by atoms with E-state index in [9.17, 15) is 14.7 Å². The van der Waals surface area contributed by atoms with Crippen molar-refractivity contribution in [1.29, 1.82) is 0 Å². The number of Topliss-reactive ketones (excluding diaryl/α,β-unsaturated/α-hetero) is 1. The monoisotopic (exact) mass is 429 g/mol. The highest BCUT2D eigenvalue weighted by molar-refractivity contribution is 9.10. The zero-order valence-electron chi connectivity index (χ0n) is 13.3. The first-order chi connectivity index (χ1) is 12.5. The topological polar surface area (TPSA) is 83.3 Å². The standard InChI is InChI=1S/C19H12BrNO4S/c20-12-3-1-10(2-4-12)18-17(19(23)24)11(9-26-18)7-15(22)14-8-16-13(21-14)5-6-25-16/h1-6,8-9,21H,7H2,(H,23,24). The molecule has 0 spiro atoms. The number of carboxylic acids is 1. The molecule has 2 N–H and O–H groups in total. The van der Waals surface area contributed by atoms with Crippen LogP contribution in [0.25, 0.3) is 21.5 Å². The molecule has 4 rings (SSSR count). The van der Waals surface area contributed by atoms with Crippen LogP contribution in [0.5, 0.6) is 0 Å². The summed E-state index contributed by atoms with van der Waals surface area (Å²) < 4.78 is 6.17. The summed E-state index contributed by atoms with van der Waals surface area (Å²) >= 11 is 4.70. The number of H-pyrrole nitrogens is 1. The van der Waals surface area contributed by atoms with Gasteiger partial charge in [-0.1, -0.05) is 28.1 Å². The molecule has 1 aromatic carbocycles. The highest BCUT2D eigenvalue weighted by Gasteiger charge is 2.22. The van der Waals surface area contributed by atoms with Gasteiger partial charge in [-0.05, 0) is 28.6 Å². The van der Waals surface area contributed by atoms with E-state index in [1.165, 1.54) is 11.3 Å². The van der Waals surface area contributed by atoms with Crippen molar-refractivity contribution in [3.8, 4) is 10.4 Å². The van der Waals surface area contributed by atoms with Crippen LogP contribution >= 0.6 is 27.3 Å². The summed E-state index contributed by atoms with van der Waals surface area (Å²) in [6, 6.07) is 10.8. The molecule has 3 heterocycles. The molecule has 26 heavy (non-hydrogen) atoms. The lowest BCUT2D eigenvalue weighted by Gasteiger charge is -2.04. The third-order valence-corrected chi connectivity index (χ3v) is 5.69. The number of aromatic carboxylic acids is 1. The number of benzene rings is 1. The zero-order valence-corrected chi connectivity index (χ0v) is 15.7. The predicted molar refractivity (Wildman–Crippen MR) is 103 cm³/mol. The van der Waals surface area contributed by atoms with Gasteiger partial charge >= 0.3 is 5.97 Å². The summed E-state index contributed by atoms with van der Waals surface area (Å²) in [5.41, 5.74) is 3.26. The van der Waals surface area contributed by atoms with E-state index in [1.54, 1.807) is 23.8 Å². The van der Waals surface area contributed by atoms with Gasteiger partial charge in [-0.15, -0.1) is 11.3 Å². The molecule has 7 heteroatoms. The van der Waals surface area contributed by atoms with Gasteiger partial charge in [0.2, 0.25) is 0 Å². The van der Waals surface area contributed by atoms with Crippen LogP contribution in [0.1, 0.15) is 26.4 Å². The molecule has 0 radical (unpaired) electrons. The lowest BCUT2D eigenvalue weighted by molar-refractivity contribution is 0.0697. The minimum absolute atomic E-state index is 0.0117. The molecule has 0 bridgehead atoms. The van der Waals surface area contributed by atoms with Crippen molar-refractivity contribution in [2.75, 3.05) is 0 Å². The summed E-state index contributed by atoms with van der Waals surface area (Å²) in [7, 11) is 0. The molecule has 0 saturated heterocycles. The van der Waals surface area contributed by atoms with E-state index in [4.69, 9.17) is 4.42 Å². The van der Waals surface area contributed by atoms with Crippen LogP contribution in [0.15, 0.2) is 56.9 Å². The normalized spacial score (nSPS) is 11.1. The smallest absolute Gasteiger partial charge is 0.337 e. The van der Waals surface area contributed by atoms with Gasteiger partial charge in [0.1, 0.15) is 0 Å². The minimum atomic E-state index is -1.03. The molecule has 0 aliphatic heterocycles. The maximum absolute atomic E-state index is 12.6. The van der Waals surface area contributed by atoms with E-state index >= 15 is 0 Å².